The molecule has 0 fully saturated rings. The predicted molar refractivity (Wildman–Crippen MR) is 144 cm³/mol. The molecule has 9 nitrogen and oxygen atoms in total. The number of fused-ring (bicyclic) bond motifs is 5. The standard InChI is InChI=1S/C29H22F7N5O4/c30-19-12-10-18(11-13-19)21-9-5-2-6-14-27(29(34,35)36,44-16-17-7-3-1-4-8-17)26-40-39-25(45-26)23-22(41(42)43)15-20(28(31,32)33)24(37-21)38-23/h1-5,7-8,10-13,15,21H,6,9,14,16H2,(H,37,38)/b5-2-/t21?,27-/m1/s1. The smallest absolute Gasteiger partial charge is 0.415 e. The Balaban J connectivity index is 1.70. The molecule has 0 saturated heterocycles. The number of rotatable bonds is 5. The SMILES string of the molecule is O=[N+]([O-])c1cc(C(F)(F)F)c2nc1-c1nnc(o1)[C@@](OCc1ccccc1)(C(F)(F)F)CC/C=C\CC(c1ccc(F)cc1)N2. The van der Waals surface area contributed by atoms with Gasteiger partial charge in [0.2, 0.25) is 11.3 Å². The fourth-order valence-corrected chi connectivity index (χ4v) is 4.75. The highest BCUT2D eigenvalue weighted by molar-refractivity contribution is 5.68. The molecule has 2 aromatic heterocycles. The summed E-state index contributed by atoms with van der Waals surface area (Å²) in [4.78, 5) is 14.5. The molecule has 5 rings (SSSR count). The summed E-state index contributed by atoms with van der Waals surface area (Å²) in [6.45, 7) is -0.541. The third kappa shape index (κ3) is 6.64. The lowest BCUT2D eigenvalue weighted by molar-refractivity contribution is -0.384. The highest BCUT2D eigenvalue weighted by Crippen LogP contribution is 2.47. The third-order valence-corrected chi connectivity index (χ3v) is 7.05. The molecule has 0 saturated carbocycles. The number of halogens is 7. The fraction of sp³-hybridized carbons (Fsp3) is 0.276. The summed E-state index contributed by atoms with van der Waals surface area (Å²) in [5, 5.41) is 21.5. The van der Waals surface area contributed by atoms with Crippen molar-refractivity contribution in [2.75, 3.05) is 5.32 Å². The van der Waals surface area contributed by atoms with Gasteiger partial charge in [-0.3, -0.25) is 10.1 Å². The first-order valence-corrected chi connectivity index (χ1v) is 13.3. The Labute approximate surface area is 249 Å². The van der Waals surface area contributed by atoms with Gasteiger partial charge in [0.1, 0.15) is 17.2 Å². The molecular weight excluding hydrogens is 615 g/mol. The van der Waals surface area contributed by atoms with Crippen molar-refractivity contribution in [3.8, 4) is 11.6 Å². The van der Waals surface area contributed by atoms with Crippen LogP contribution in [0.5, 0.6) is 0 Å². The maximum absolute atomic E-state index is 14.9. The molecule has 1 N–H and O–H groups in total. The molecule has 1 aliphatic heterocycles. The van der Waals surface area contributed by atoms with Crippen molar-refractivity contribution in [2.24, 2.45) is 0 Å². The molecule has 236 valence electrons. The number of ether oxygens (including phenoxy) is 1. The number of benzene rings is 2. The van der Waals surface area contributed by atoms with Gasteiger partial charge >= 0.3 is 18.0 Å². The zero-order valence-corrected chi connectivity index (χ0v) is 22.9. The van der Waals surface area contributed by atoms with Gasteiger partial charge in [-0.1, -0.05) is 54.6 Å². The summed E-state index contributed by atoms with van der Waals surface area (Å²) in [6, 6.07) is 11.8. The van der Waals surface area contributed by atoms with Crippen molar-refractivity contribution in [1.29, 1.82) is 0 Å². The number of nitrogens with zero attached hydrogens (tertiary/aromatic N) is 4. The monoisotopic (exact) mass is 637 g/mol. The van der Waals surface area contributed by atoms with Crippen LogP contribution in [0.15, 0.2) is 77.2 Å². The van der Waals surface area contributed by atoms with Crippen molar-refractivity contribution in [3.05, 3.63) is 111 Å². The second kappa shape index (κ2) is 12.3. The lowest BCUT2D eigenvalue weighted by Gasteiger charge is -2.32. The predicted octanol–water partition coefficient (Wildman–Crippen LogP) is 8.07. The van der Waals surface area contributed by atoms with E-state index in [2.05, 4.69) is 20.5 Å². The minimum Gasteiger partial charge on any atom is -0.415 e. The molecule has 0 radical (unpaired) electrons. The van der Waals surface area contributed by atoms with E-state index in [9.17, 15) is 40.8 Å². The van der Waals surface area contributed by atoms with Crippen LogP contribution in [0.1, 0.15) is 47.9 Å². The van der Waals surface area contributed by atoms with E-state index < -0.39 is 82.3 Å². The van der Waals surface area contributed by atoms with Crippen LogP contribution < -0.4 is 5.32 Å². The minimum absolute atomic E-state index is 0.0841. The molecule has 4 aromatic rings. The molecule has 0 amide bonds. The average molecular weight is 638 g/mol. The number of nitro groups is 1. The Morgan fingerprint density at radius 1 is 1.02 bits per heavy atom. The van der Waals surface area contributed by atoms with Crippen molar-refractivity contribution in [3.63, 3.8) is 0 Å². The Morgan fingerprint density at radius 3 is 2.38 bits per heavy atom. The number of aromatic nitrogens is 3. The van der Waals surface area contributed by atoms with Gasteiger partial charge in [-0.25, -0.2) is 9.37 Å². The molecular formula is C29H22F7N5O4. The molecule has 2 aromatic carbocycles. The zero-order chi connectivity index (χ0) is 32.4. The number of anilines is 1. The molecule has 45 heavy (non-hydrogen) atoms. The minimum atomic E-state index is -5.15. The van der Waals surface area contributed by atoms with E-state index in [4.69, 9.17) is 9.15 Å². The molecule has 1 unspecified atom stereocenters. The van der Waals surface area contributed by atoms with Gasteiger partial charge < -0.3 is 14.5 Å². The topological polar surface area (TPSA) is 116 Å². The van der Waals surface area contributed by atoms with E-state index in [1.165, 1.54) is 36.4 Å². The van der Waals surface area contributed by atoms with E-state index in [0.29, 0.717) is 11.1 Å². The lowest BCUT2D eigenvalue weighted by Crippen LogP contribution is -2.45. The van der Waals surface area contributed by atoms with Crippen molar-refractivity contribution in [1.82, 2.24) is 15.2 Å². The molecule has 0 spiro atoms. The number of hydrogen-bond donors (Lipinski definition) is 1. The maximum Gasteiger partial charge on any atom is 0.426 e. The lowest BCUT2D eigenvalue weighted by atomic mass is 9.95. The van der Waals surface area contributed by atoms with Crippen LogP contribution in [-0.4, -0.2) is 26.3 Å². The fourth-order valence-electron chi connectivity index (χ4n) is 4.75. The largest absolute Gasteiger partial charge is 0.426 e. The number of alkyl halides is 6. The Kier molecular flexibility index (Phi) is 8.60. The first-order chi connectivity index (χ1) is 21.3. The first kappa shape index (κ1) is 31.6. The van der Waals surface area contributed by atoms with Crippen molar-refractivity contribution >= 4 is 11.5 Å². The molecule has 2 atom stereocenters. The summed E-state index contributed by atoms with van der Waals surface area (Å²) in [5.74, 6) is -3.56. The highest BCUT2D eigenvalue weighted by Gasteiger charge is 2.61. The third-order valence-electron chi connectivity index (χ3n) is 7.05. The van der Waals surface area contributed by atoms with Gasteiger partial charge in [0.25, 0.3) is 11.8 Å². The van der Waals surface area contributed by atoms with Crippen LogP contribution in [0.3, 0.4) is 0 Å². The van der Waals surface area contributed by atoms with E-state index in [-0.39, 0.29) is 18.9 Å². The van der Waals surface area contributed by atoms with E-state index in [0.717, 1.165) is 12.1 Å². The molecule has 16 heteroatoms. The Morgan fingerprint density at radius 2 is 1.73 bits per heavy atom. The number of pyridine rings is 1. The van der Waals surface area contributed by atoms with Crippen LogP contribution in [0.4, 0.5) is 42.2 Å². The van der Waals surface area contributed by atoms with E-state index in [1.807, 2.05) is 0 Å². The summed E-state index contributed by atoms with van der Waals surface area (Å²) in [6.07, 6.45) is -8.59. The van der Waals surface area contributed by atoms with Crippen molar-refractivity contribution < 1.29 is 44.8 Å². The second-order valence-electron chi connectivity index (χ2n) is 10.0. The average Bonchev–Trinajstić information content (AvgIpc) is 3.47. The first-order valence-electron chi connectivity index (χ1n) is 13.3. The van der Waals surface area contributed by atoms with Gasteiger partial charge in [-0.15, -0.1) is 10.2 Å². The number of allylic oxidation sites excluding steroid dienone is 1. The summed E-state index contributed by atoms with van der Waals surface area (Å²) in [5.41, 5.74) is -6.19. The summed E-state index contributed by atoms with van der Waals surface area (Å²) >= 11 is 0. The molecule has 4 bridgehead atoms. The van der Waals surface area contributed by atoms with Crippen LogP contribution >= 0.6 is 0 Å². The normalized spacial score (nSPS) is 19.8. The van der Waals surface area contributed by atoms with Crippen molar-refractivity contribution in [2.45, 2.75) is 49.9 Å². The second-order valence-corrected chi connectivity index (χ2v) is 10.0. The van der Waals surface area contributed by atoms with Gasteiger partial charge in [0, 0.05) is 6.07 Å². The van der Waals surface area contributed by atoms with Gasteiger partial charge in [-0.05, 0) is 42.5 Å². The number of nitrogens with one attached hydrogen (secondary N) is 1. The van der Waals surface area contributed by atoms with E-state index in [1.54, 1.807) is 18.2 Å². The quantitative estimate of drug-likeness (QED) is 0.101. The van der Waals surface area contributed by atoms with Crippen LogP contribution in [0, 0.1) is 15.9 Å². The van der Waals surface area contributed by atoms with Crippen LogP contribution in [-0.2, 0) is 23.1 Å². The highest BCUT2D eigenvalue weighted by atomic mass is 19.4. The van der Waals surface area contributed by atoms with E-state index >= 15 is 0 Å². The number of hydrogen-bond acceptors (Lipinski definition) is 8. The molecule has 0 aliphatic carbocycles. The van der Waals surface area contributed by atoms with Gasteiger partial charge in [0.05, 0.1) is 17.6 Å². The van der Waals surface area contributed by atoms with Crippen LogP contribution in [0.25, 0.3) is 11.6 Å². The van der Waals surface area contributed by atoms with Gasteiger partial charge in [0.15, 0.2) is 0 Å². The zero-order valence-electron chi connectivity index (χ0n) is 22.9. The van der Waals surface area contributed by atoms with Gasteiger partial charge in [-0.2, -0.15) is 26.3 Å². The maximum atomic E-state index is 14.9. The Bertz CT molecular complexity index is 1690. The van der Waals surface area contributed by atoms with Crippen LogP contribution in [0.2, 0.25) is 0 Å². The molecule has 1 aliphatic rings. The summed E-state index contributed by atoms with van der Waals surface area (Å²) in [7, 11) is 0. The Hall–Kier alpha value is -4.86. The summed E-state index contributed by atoms with van der Waals surface area (Å²) < 4.78 is 112. The molecule has 3 heterocycles.